The van der Waals surface area contributed by atoms with Crippen LogP contribution < -0.4 is 5.32 Å². The fourth-order valence-corrected chi connectivity index (χ4v) is 2.58. The van der Waals surface area contributed by atoms with Gasteiger partial charge in [-0.25, -0.2) is 0 Å². The molecule has 2 rings (SSSR count). The Bertz CT molecular complexity index is 430. The molecule has 0 amide bonds. The summed E-state index contributed by atoms with van der Waals surface area (Å²) < 4.78 is 0. The molecule has 1 aliphatic heterocycles. The molecular weight excluding hydrogens is 246 g/mol. The van der Waals surface area contributed by atoms with E-state index in [1.54, 1.807) is 0 Å². The molecule has 1 heterocycles. The molecule has 1 unspecified atom stereocenters. The van der Waals surface area contributed by atoms with Gasteiger partial charge in [0.1, 0.15) is 0 Å². The van der Waals surface area contributed by atoms with Crippen molar-refractivity contribution in [1.29, 1.82) is 0 Å². The van der Waals surface area contributed by atoms with E-state index in [0.29, 0.717) is 5.92 Å². The second-order valence-electron chi connectivity index (χ2n) is 5.70. The summed E-state index contributed by atoms with van der Waals surface area (Å²) in [5.41, 5.74) is 2.69. The van der Waals surface area contributed by atoms with Crippen LogP contribution in [0.15, 0.2) is 29.3 Å². The van der Waals surface area contributed by atoms with E-state index < -0.39 is 0 Å². The summed E-state index contributed by atoms with van der Waals surface area (Å²) in [6, 6.07) is 8.80. The molecule has 1 aliphatic rings. The zero-order valence-electron chi connectivity index (χ0n) is 13.0. The van der Waals surface area contributed by atoms with Gasteiger partial charge in [-0.05, 0) is 32.3 Å². The first-order valence-corrected chi connectivity index (χ1v) is 7.80. The highest BCUT2D eigenvalue weighted by Crippen LogP contribution is 2.16. The fraction of sp³-hybridized carbons (Fsp3) is 0.588. The standard InChI is InChI=1S/C17H27N3/c1-4-18-17(20-11-5-6-12-20)19-13-15(3)16-9-7-14(2)8-10-16/h7-10,15H,4-6,11-13H2,1-3H3,(H,18,19). The number of aliphatic imine (C=N–C) groups is 1. The number of nitrogens with one attached hydrogen (secondary N) is 1. The largest absolute Gasteiger partial charge is 0.357 e. The van der Waals surface area contributed by atoms with Crippen LogP contribution in [0.25, 0.3) is 0 Å². The minimum atomic E-state index is 0.465. The van der Waals surface area contributed by atoms with Crippen molar-refractivity contribution in [2.75, 3.05) is 26.2 Å². The van der Waals surface area contributed by atoms with Crippen LogP contribution in [0.3, 0.4) is 0 Å². The van der Waals surface area contributed by atoms with E-state index in [4.69, 9.17) is 4.99 Å². The summed E-state index contributed by atoms with van der Waals surface area (Å²) >= 11 is 0. The molecular formula is C17H27N3. The summed E-state index contributed by atoms with van der Waals surface area (Å²) in [6.45, 7) is 10.6. The molecule has 0 bridgehead atoms. The highest BCUT2D eigenvalue weighted by molar-refractivity contribution is 5.80. The van der Waals surface area contributed by atoms with Gasteiger partial charge < -0.3 is 10.2 Å². The van der Waals surface area contributed by atoms with Crippen LogP contribution in [-0.2, 0) is 0 Å². The number of aryl methyl sites for hydroxylation is 1. The van der Waals surface area contributed by atoms with E-state index >= 15 is 0 Å². The van der Waals surface area contributed by atoms with Crippen molar-refractivity contribution in [2.45, 2.75) is 39.5 Å². The molecule has 0 spiro atoms. The van der Waals surface area contributed by atoms with Gasteiger partial charge in [0.25, 0.3) is 0 Å². The Morgan fingerprint density at radius 1 is 1.25 bits per heavy atom. The van der Waals surface area contributed by atoms with E-state index in [-0.39, 0.29) is 0 Å². The quantitative estimate of drug-likeness (QED) is 0.674. The molecule has 1 N–H and O–H groups in total. The Hall–Kier alpha value is -1.51. The first-order chi connectivity index (χ1) is 9.70. The van der Waals surface area contributed by atoms with E-state index in [0.717, 1.165) is 32.1 Å². The molecule has 0 aliphatic carbocycles. The highest BCUT2D eigenvalue weighted by Gasteiger charge is 2.15. The Labute approximate surface area is 123 Å². The summed E-state index contributed by atoms with van der Waals surface area (Å²) in [6.07, 6.45) is 2.58. The van der Waals surface area contributed by atoms with Gasteiger partial charge in [-0.3, -0.25) is 4.99 Å². The van der Waals surface area contributed by atoms with Gasteiger partial charge in [-0.1, -0.05) is 36.8 Å². The van der Waals surface area contributed by atoms with Gasteiger partial charge >= 0.3 is 0 Å². The second kappa shape index (κ2) is 7.32. The van der Waals surface area contributed by atoms with Crippen LogP contribution in [0.2, 0.25) is 0 Å². The van der Waals surface area contributed by atoms with Crippen LogP contribution in [-0.4, -0.2) is 37.0 Å². The van der Waals surface area contributed by atoms with E-state index in [1.165, 1.54) is 24.0 Å². The molecule has 0 aromatic heterocycles. The predicted octanol–water partition coefficient (Wildman–Crippen LogP) is 3.16. The van der Waals surface area contributed by atoms with Crippen LogP contribution in [0.5, 0.6) is 0 Å². The number of likely N-dealkylation sites (tertiary alicyclic amines) is 1. The summed E-state index contributed by atoms with van der Waals surface area (Å²) in [5, 5.41) is 3.42. The Balaban J connectivity index is 1.98. The SMILES string of the molecule is CCNC(=NCC(C)c1ccc(C)cc1)N1CCCC1. The van der Waals surface area contributed by atoms with Gasteiger partial charge in [-0.2, -0.15) is 0 Å². The molecule has 1 aromatic rings. The number of hydrogen-bond donors (Lipinski definition) is 1. The van der Waals surface area contributed by atoms with Crippen LogP contribution in [0.1, 0.15) is 43.7 Å². The van der Waals surface area contributed by atoms with Crippen molar-refractivity contribution < 1.29 is 0 Å². The lowest BCUT2D eigenvalue weighted by molar-refractivity contribution is 0.492. The lowest BCUT2D eigenvalue weighted by Gasteiger charge is -2.21. The average Bonchev–Trinajstić information content (AvgIpc) is 2.98. The molecule has 20 heavy (non-hydrogen) atoms. The summed E-state index contributed by atoms with van der Waals surface area (Å²) in [5.74, 6) is 1.55. The van der Waals surface area contributed by atoms with Gasteiger partial charge in [0.2, 0.25) is 0 Å². The third kappa shape index (κ3) is 3.99. The Morgan fingerprint density at radius 2 is 1.90 bits per heavy atom. The van der Waals surface area contributed by atoms with Gasteiger partial charge in [0, 0.05) is 32.1 Å². The number of hydrogen-bond acceptors (Lipinski definition) is 1. The number of rotatable bonds is 4. The maximum absolute atomic E-state index is 4.83. The lowest BCUT2D eigenvalue weighted by atomic mass is 10.0. The van der Waals surface area contributed by atoms with Crippen LogP contribution >= 0.6 is 0 Å². The third-order valence-corrected chi connectivity index (χ3v) is 3.90. The van der Waals surface area contributed by atoms with Crippen molar-refractivity contribution >= 4 is 5.96 Å². The summed E-state index contributed by atoms with van der Waals surface area (Å²) in [4.78, 5) is 7.21. The fourth-order valence-electron chi connectivity index (χ4n) is 2.58. The normalized spacial score (nSPS) is 17.4. The van der Waals surface area contributed by atoms with Crippen molar-refractivity contribution in [1.82, 2.24) is 10.2 Å². The summed E-state index contributed by atoms with van der Waals surface area (Å²) in [7, 11) is 0. The lowest BCUT2D eigenvalue weighted by Crippen LogP contribution is -2.39. The molecule has 1 atom stereocenters. The second-order valence-corrected chi connectivity index (χ2v) is 5.70. The maximum atomic E-state index is 4.83. The molecule has 3 heteroatoms. The van der Waals surface area contributed by atoms with Gasteiger partial charge in [-0.15, -0.1) is 0 Å². The number of benzene rings is 1. The van der Waals surface area contributed by atoms with Crippen LogP contribution in [0.4, 0.5) is 0 Å². The average molecular weight is 273 g/mol. The highest BCUT2D eigenvalue weighted by atomic mass is 15.3. The van der Waals surface area contributed by atoms with Gasteiger partial charge in [0.15, 0.2) is 5.96 Å². The molecule has 0 saturated carbocycles. The predicted molar refractivity (Wildman–Crippen MR) is 86.4 cm³/mol. The first kappa shape index (κ1) is 14.9. The van der Waals surface area contributed by atoms with Crippen molar-refractivity contribution in [2.24, 2.45) is 4.99 Å². The number of guanidine groups is 1. The minimum Gasteiger partial charge on any atom is -0.357 e. The van der Waals surface area contributed by atoms with Crippen molar-refractivity contribution in [3.63, 3.8) is 0 Å². The smallest absolute Gasteiger partial charge is 0.193 e. The van der Waals surface area contributed by atoms with Crippen molar-refractivity contribution in [3.8, 4) is 0 Å². The molecule has 1 saturated heterocycles. The minimum absolute atomic E-state index is 0.465. The van der Waals surface area contributed by atoms with E-state index in [1.807, 2.05) is 0 Å². The van der Waals surface area contributed by atoms with E-state index in [9.17, 15) is 0 Å². The topological polar surface area (TPSA) is 27.6 Å². The molecule has 1 fully saturated rings. The van der Waals surface area contributed by atoms with Crippen molar-refractivity contribution in [3.05, 3.63) is 35.4 Å². The maximum Gasteiger partial charge on any atom is 0.193 e. The first-order valence-electron chi connectivity index (χ1n) is 7.80. The van der Waals surface area contributed by atoms with E-state index in [2.05, 4.69) is 55.3 Å². The van der Waals surface area contributed by atoms with Gasteiger partial charge in [0.05, 0.1) is 0 Å². The third-order valence-electron chi connectivity index (χ3n) is 3.90. The zero-order chi connectivity index (χ0) is 14.4. The Kier molecular flexibility index (Phi) is 5.45. The molecule has 110 valence electrons. The molecule has 1 aromatic carbocycles. The number of nitrogens with zero attached hydrogens (tertiary/aromatic N) is 2. The van der Waals surface area contributed by atoms with Crippen LogP contribution in [0, 0.1) is 6.92 Å². The monoisotopic (exact) mass is 273 g/mol. The zero-order valence-corrected chi connectivity index (χ0v) is 13.0. The molecule has 0 radical (unpaired) electrons. The molecule has 3 nitrogen and oxygen atoms in total. The Morgan fingerprint density at radius 3 is 2.50 bits per heavy atom.